The lowest BCUT2D eigenvalue weighted by Crippen LogP contribution is -2.19. The molecule has 0 amide bonds. The summed E-state index contributed by atoms with van der Waals surface area (Å²) in [5.74, 6) is 0. The molecule has 2 aromatic heterocycles. The van der Waals surface area contributed by atoms with Crippen molar-refractivity contribution in [2.45, 2.75) is 13.5 Å². The van der Waals surface area contributed by atoms with Gasteiger partial charge in [-0.25, -0.2) is 0 Å². The minimum absolute atomic E-state index is 0.769. The maximum atomic E-state index is 5.25. The molecule has 0 fully saturated rings. The molecule has 2 rings (SSSR count). The Hall–Kier alpha value is -0.970. The molecule has 16 heavy (non-hydrogen) atoms. The predicted molar refractivity (Wildman–Crippen MR) is 67.8 cm³/mol. The Morgan fingerprint density at radius 2 is 2.44 bits per heavy atom. The number of hydrogen-bond donors (Lipinski definition) is 1. The van der Waals surface area contributed by atoms with E-state index in [0.717, 1.165) is 31.8 Å². The highest BCUT2D eigenvalue weighted by molar-refractivity contribution is 7.17. The summed E-state index contributed by atoms with van der Waals surface area (Å²) in [4.78, 5) is 4.40. The summed E-state index contributed by atoms with van der Waals surface area (Å²) in [6.07, 6.45) is 1.93. The van der Waals surface area contributed by atoms with Crippen LogP contribution in [-0.4, -0.2) is 24.7 Å². The molecule has 0 atom stereocenters. The first-order valence-corrected chi connectivity index (χ1v) is 6.38. The Balaban J connectivity index is 1.84. The molecule has 0 aromatic carbocycles. The van der Waals surface area contributed by atoms with Crippen LogP contribution in [-0.2, 0) is 11.3 Å². The molecule has 0 saturated carbocycles. The molecule has 0 aliphatic heterocycles. The summed E-state index contributed by atoms with van der Waals surface area (Å²) in [6, 6.07) is 4.24. The van der Waals surface area contributed by atoms with E-state index in [0.29, 0.717) is 0 Å². The number of pyridine rings is 1. The first kappa shape index (κ1) is 11.5. The van der Waals surface area contributed by atoms with Crippen molar-refractivity contribution in [2.75, 3.05) is 19.8 Å². The SMILES string of the molecule is CCOCCNCc1cnc2ccsc2c1. The van der Waals surface area contributed by atoms with Crippen molar-refractivity contribution in [3.05, 3.63) is 29.3 Å². The summed E-state index contributed by atoms with van der Waals surface area (Å²) >= 11 is 1.73. The zero-order chi connectivity index (χ0) is 11.2. The highest BCUT2D eigenvalue weighted by Crippen LogP contribution is 2.19. The lowest BCUT2D eigenvalue weighted by Gasteiger charge is -2.04. The third kappa shape index (κ3) is 3.01. The predicted octanol–water partition coefficient (Wildman–Crippen LogP) is 2.42. The number of rotatable bonds is 6. The lowest BCUT2D eigenvalue weighted by atomic mass is 10.2. The first-order valence-electron chi connectivity index (χ1n) is 5.50. The van der Waals surface area contributed by atoms with Crippen LogP contribution in [0.4, 0.5) is 0 Å². The summed E-state index contributed by atoms with van der Waals surface area (Å²) in [5, 5.41) is 5.41. The molecule has 3 nitrogen and oxygen atoms in total. The van der Waals surface area contributed by atoms with E-state index < -0.39 is 0 Å². The Morgan fingerprint density at radius 3 is 3.31 bits per heavy atom. The maximum Gasteiger partial charge on any atom is 0.0809 e. The second kappa shape index (κ2) is 5.94. The van der Waals surface area contributed by atoms with Gasteiger partial charge in [0.05, 0.1) is 16.8 Å². The molecule has 0 bridgehead atoms. The van der Waals surface area contributed by atoms with Crippen LogP contribution in [0, 0.1) is 0 Å². The Morgan fingerprint density at radius 1 is 1.50 bits per heavy atom. The molecular formula is C12H16N2OS. The summed E-state index contributed by atoms with van der Waals surface area (Å²) in [6.45, 7) is 5.30. The van der Waals surface area contributed by atoms with Gasteiger partial charge in [0, 0.05) is 25.9 Å². The fourth-order valence-corrected chi connectivity index (χ4v) is 2.31. The van der Waals surface area contributed by atoms with E-state index in [2.05, 4.69) is 21.7 Å². The van der Waals surface area contributed by atoms with Crippen molar-refractivity contribution in [2.24, 2.45) is 0 Å². The highest BCUT2D eigenvalue weighted by atomic mass is 32.1. The van der Waals surface area contributed by atoms with Gasteiger partial charge in [0.15, 0.2) is 0 Å². The Labute approximate surface area is 99.5 Å². The zero-order valence-corrected chi connectivity index (χ0v) is 10.2. The van der Waals surface area contributed by atoms with Gasteiger partial charge in [0.2, 0.25) is 0 Å². The number of thiophene rings is 1. The molecule has 1 N–H and O–H groups in total. The second-order valence-electron chi connectivity index (χ2n) is 3.52. The van der Waals surface area contributed by atoms with Crippen molar-refractivity contribution in [1.29, 1.82) is 0 Å². The fourth-order valence-electron chi connectivity index (χ4n) is 1.51. The summed E-state index contributed by atoms with van der Waals surface area (Å²) < 4.78 is 6.51. The number of nitrogens with one attached hydrogen (secondary N) is 1. The van der Waals surface area contributed by atoms with Crippen molar-refractivity contribution in [1.82, 2.24) is 10.3 Å². The van der Waals surface area contributed by atoms with Gasteiger partial charge >= 0.3 is 0 Å². The van der Waals surface area contributed by atoms with Crippen molar-refractivity contribution in [3.8, 4) is 0 Å². The third-order valence-electron chi connectivity index (χ3n) is 2.32. The van der Waals surface area contributed by atoms with Crippen LogP contribution in [0.2, 0.25) is 0 Å². The number of fused-ring (bicyclic) bond motifs is 1. The van der Waals surface area contributed by atoms with Crippen LogP contribution in [0.5, 0.6) is 0 Å². The molecule has 0 unspecified atom stereocenters. The largest absolute Gasteiger partial charge is 0.380 e. The van der Waals surface area contributed by atoms with Gasteiger partial charge in [-0.15, -0.1) is 11.3 Å². The van der Waals surface area contributed by atoms with E-state index >= 15 is 0 Å². The third-order valence-corrected chi connectivity index (χ3v) is 3.17. The van der Waals surface area contributed by atoms with E-state index in [-0.39, 0.29) is 0 Å². The maximum absolute atomic E-state index is 5.25. The van der Waals surface area contributed by atoms with Crippen LogP contribution in [0.25, 0.3) is 10.2 Å². The van der Waals surface area contributed by atoms with E-state index in [1.165, 1.54) is 10.3 Å². The van der Waals surface area contributed by atoms with E-state index in [1.54, 1.807) is 11.3 Å². The summed E-state index contributed by atoms with van der Waals surface area (Å²) in [7, 11) is 0. The fraction of sp³-hybridized carbons (Fsp3) is 0.417. The molecule has 86 valence electrons. The van der Waals surface area contributed by atoms with Crippen LogP contribution in [0.3, 0.4) is 0 Å². The molecular weight excluding hydrogens is 220 g/mol. The van der Waals surface area contributed by atoms with E-state index in [1.807, 2.05) is 19.2 Å². The van der Waals surface area contributed by atoms with Crippen LogP contribution < -0.4 is 5.32 Å². The van der Waals surface area contributed by atoms with Gasteiger partial charge in [0.25, 0.3) is 0 Å². The van der Waals surface area contributed by atoms with Crippen molar-refractivity contribution < 1.29 is 4.74 Å². The monoisotopic (exact) mass is 236 g/mol. The van der Waals surface area contributed by atoms with E-state index in [9.17, 15) is 0 Å². The molecule has 0 saturated heterocycles. The molecule has 0 spiro atoms. The van der Waals surface area contributed by atoms with Gasteiger partial charge in [-0.2, -0.15) is 0 Å². The molecule has 4 heteroatoms. The number of aromatic nitrogens is 1. The van der Waals surface area contributed by atoms with E-state index in [4.69, 9.17) is 4.74 Å². The quantitative estimate of drug-likeness (QED) is 0.782. The van der Waals surface area contributed by atoms with Crippen LogP contribution >= 0.6 is 11.3 Å². The van der Waals surface area contributed by atoms with Gasteiger partial charge < -0.3 is 10.1 Å². The van der Waals surface area contributed by atoms with Gasteiger partial charge in [-0.3, -0.25) is 4.98 Å². The average Bonchev–Trinajstić information content (AvgIpc) is 2.76. The molecule has 0 aliphatic carbocycles. The van der Waals surface area contributed by atoms with Crippen LogP contribution in [0.15, 0.2) is 23.7 Å². The number of nitrogens with zero attached hydrogens (tertiary/aromatic N) is 1. The van der Waals surface area contributed by atoms with Gasteiger partial charge in [-0.1, -0.05) is 0 Å². The molecule has 2 aromatic rings. The van der Waals surface area contributed by atoms with Crippen molar-refractivity contribution >= 4 is 21.6 Å². The number of hydrogen-bond acceptors (Lipinski definition) is 4. The summed E-state index contributed by atoms with van der Waals surface area (Å²) in [5.41, 5.74) is 2.31. The highest BCUT2D eigenvalue weighted by Gasteiger charge is 1.98. The topological polar surface area (TPSA) is 34.1 Å². The average molecular weight is 236 g/mol. The minimum atomic E-state index is 0.769. The Kier molecular flexibility index (Phi) is 4.27. The van der Waals surface area contributed by atoms with Gasteiger partial charge in [-0.05, 0) is 30.0 Å². The Bertz CT molecular complexity index is 441. The first-order chi connectivity index (χ1) is 7.90. The lowest BCUT2D eigenvalue weighted by molar-refractivity contribution is 0.149. The van der Waals surface area contributed by atoms with Crippen molar-refractivity contribution in [3.63, 3.8) is 0 Å². The normalized spacial score (nSPS) is 11.1. The minimum Gasteiger partial charge on any atom is -0.380 e. The zero-order valence-electron chi connectivity index (χ0n) is 9.40. The smallest absolute Gasteiger partial charge is 0.0809 e. The van der Waals surface area contributed by atoms with Crippen LogP contribution in [0.1, 0.15) is 12.5 Å². The second-order valence-corrected chi connectivity index (χ2v) is 4.47. The standard InChI is InChI=1S/C12H16N2OS/c1-2-15-5-4-13-8-10-7-12-11(14-9-10)3-6-16-12/h3,6-7,9,13H,2,4-5,8H2,1H3. The molecule has 0 aliphatic rings. The molecule has 2 heterocycles. The number of ether oxygens (including phenoxy) is 1. The molecule has 0 radical (unpaired) electrons. The van der Waals surface area contributed by atoms with Gasteiger partial charge in [0.1, 0.15) is 0 Å².